The summed E-state index contributed by atoms with van der Waals surface area (Å²) in [5.41, 5.74) is 0.370. The van der Waals surface area contributed by atoms with E-state index in [1.54, 1.807) is 32.0 Å². The summed E-state index contributed by atoms with van der Waals surface area (Å²) in [7, 11) is 3.01. The summed E-state index contributed by atoms with van der Waals surface area (Å²) in [5.74, 6) is 0.511. The van der Waals surface area contributed by atoms with Gasteiger partial charge in [0.2, 0.25) is 0 Å². The molecule has 4 heteroatoms. The Morgan fingerprint density at radius 3 is 2.32 bits per heavy atom. The summed E-state index contributed by atoms with van der Waals surface area (Å²) in [5, 5.41) is 0. The normalized spacial score (nSPS) is 10.8. The van der Waals surface area contributed by atoms with Crippen LogP contribution in [-0.4, -0.2) is 25.8 Å². The molecule has 0 fully saturated rings. The highest BCUT2D eigenvalue weighted by atomic mass is 16.5. The Labute approximate surface area is 113 Å². The minimum Gasteiger partial charge on any atom is -0.497 e. The number of ether oxygens (including phenoxy) is 2. The number of allylic oxidation sites excluding steroid dienone is 2. The summed E-state index contributed by atoms with van der Waals surface area (Å²) < 4.78 is 10.2. The van der Waals surface area contributed by atoms with Crippen molar-refractivity contribution in [1.82, 2.24) is 0 Å². The van der Waals surface area contributed by atoms with Crippen molar-refractivity contribution in [2.24, 2.45) is 5.92 Å². The van der Waals surface area contributed by atoms with Crippen LogP contribution in [0.25, 0.3) is 0 Å². The van der Waals surface area contributed by atoms with E-state index >= 15 is 0 Å². The molecule has 0 aliphatic heterocycles. The van der Waals surface area contributed by atoms with E-state index in [9.17, 15) is 9.59 Å². The van der Waals surface area contributed by atoms with E-state index in [1.807, 2.05) is 0 Å². The van der Waals surface area contributed by atoms with Crippen molar-refractivity contribution in [2.45, 2.75) is 13.8 Å². The predicted molar refractivity (Wildman–Crippen MR) is 72.9 cm³/mol. The third kappa shape index (κ3) is 3.95. The second-order valence-electron chi connectivity index (χ2n) is 4.32. The molecule has 102 valence electrons. The zero-order valence-electron chi connectivity index (χ0n) is 11.6. The first kappa shape index (κ1) is 15.0. The number of hydrogen-bond acceptors (Lipinski definition) is 4. The van der Waals surface area contributed by atoms with E-state index in [0.29, 0.717) is 17.1 Å². The lowest BCUT2D eigenvalue weighted by molar-refractivity contribution is -0.117. The molecule has 4 nitrogen and oxygen atoms in total. The summed E-state index contributed by atoms with van der Waals surface area (Å²) in [6.07, 6.45) is 2.56. The lowest BCUT2D eigenvalue weighted by Crippen LogP contribution is -2.05. The number of carbonyl (C=O) groups excluding carboxylic acids is 2. The number of carbonyl (C=O) groups is 2. The second-order valence-corrected chi connectivity index (χ2v) is 4.32. The van der Waals surface area contributed by atoms with Gasteiger partial charge in [-0.3, -0.25) is 9.59 Å². The van der Waals surface area contributed by atoms with Crippen LogP contribution in [-0.2, 0) is 4.79 Å². The molecule has 19 heavy (non-hydrogen) atoms. The van der Waals surface area contributed by atoms with Crippen LogP contribution in [0, 0.1) is 5.92 Å². The molecule has 1 rings (SSSR count). The molecule has 0 atom stereocenters. The maximum Gasteiger partial charge on any atom is 0.189 e. The maximum atomic E-state index is 12.0. The number of benzene rings is 1. The highest BCUT2D eigenvalue weighted by Crippen LogP contribution is 2.24. The van der Waals surface area contributed by atoms with E-state index in [2.05, 4.69) is 0 Å². The minimum absolute atomic E-state index is 0.0878. The maximum absolute atomic E-state index is 12.0. The van der Waals surface area contributed by atoms with E-state index in [4.69, 9.17) is 9.47 Å². The van der Waals surface area contributed by atoms with Gasteiger partial charge in [-0.25, -0.2) is 0 Å². The zero-order chi connectivity index (χ0) is 14.4. The highest BCUT2D eigenvalue weighted by Gasteiger charge is 2.12. The van der Waals surface area contributed by atoms with Crippen LogP contribution in [0.2, 0.25) is 0 Å². The molecule has 0 heterocycles. The number of hydrogen-bond donors (Lipinski definition) is 0. The fourth-order valence-corrected chi connectivity index (χ4v) is 1.45. The van der Waals surface area contributed by atoms with Gasteiger partial charge in [0.05, 0.1) is 19.8 Å². The first-order valence-corrected chi connectivity index (χ1v) is 5.98. The Morgan fingerprint density at radius 1 is 1.11 bits per heavy atom. The Hall–Kier alpha value is -2.10. The molecule has 0 radical (unpaired) electrons. The summed E-state index contributed by atoms with van der Waals surface area (Å²) in [4.78, 5) is 23.5. The van der Waals surface area contributed by atoms with Crippen LogP contribution in [0.1, 0.15) is 24.2 Å². The molecule has 0 N–H and O–H groups in total. The van der Waals surface area contributed by atoms with E-state index in [-0.39, 0.29) is 17.5 Å². The van der Waals surface area contributed by atoms with E-state index in [0.717, 1.165) is 0 Å². The zero-order valence-corrected chi connectivity index (χ0v) is 11.6. The minimum atomic E-state index is -0.287. The topological polar surface area (TPSA) is 52.6 Å². The van der Waals surface area contributed by atoms with Crippen molar-refractivity contribution in [2.75, 3.05) is 14.2 Å². The van der Waals surface area contributed by atoms with Crippen molar-refractivity contribution < 1.29 is 19.1 Å². The second kappa shape index (κ2) is 6.73. The smallest absolute Gasteiger partial charge is 0.189 e. The first-order valence-electron chi connectivity index (χ1n) is 5.98. The summed E-state index contributed by atoms with van der Waals surface area (Å²) in [6.45, 7) is 3.56. The predicted octanol–water partition coefficient (Wildman–Crippen LogP) is 2.67. The van der Waals surface area contributed by atoms with Crippen LogP contribution in [0.3, 0.4) is 0 Å². The van der Waals surface area contributed by atoms with Crippen LogP contribution in [0.4, 0.5) is 0 Å². The summed E-state index contributed by atoms with van der Waals surface area (Å²) in [6, 6.07) is 4.95. The van der Waals surface area contributed by atoms with Gasteiger partial charge in [-0.2, -0.15) is 0 Å². The molecule has 0 unspecified atom stereocenters. The molecule has 0 aliphatic carbocycles. The molecule has 1 aromatic carbocycles. The van der Waals surface area contributed by atoms with Gasteiger partial charge in [0.15, 0.2) is 11.6 Å². The number of ketones is 2. The molecule has 0 aliphatic rings. The average Bonchev–Trinajstić information content (AvgIpc) is 2.43. The molecule has 1 aromatic rings. The Balaban J connectivity index is 3.01. The Morgan fingerprint density at radius 2 is 1.79 bits per heavy atom. The third-order valence-corrected chi connectivity index (χ3v) is 2.64. The summed E-state index contributed by atoms with van der Waals surface area (Å²) >= 11 is 0. The molecule has 0 bridgehead atoms. The number of rotatable bonds is 6. The van der Waals surface area contributed by atoms with Crippen molar-refractivity contribution in [3.05, 3.63) is 35.9 Å². The van der Waals surface area contributed by atoms with Gasteiger partial charge in [-0.15, -0.1) is 0 Å². The SMILES string of the molecule is COc1ccc(OC)c(C(=O)/C=C/C(=O)C(C)C)c1. The Bertz CT molecular complexity index is 501. The number of methoxy groups -OCH3 is 2. The van der Waals surface area contributed by atoms with Gasteiger partial charge in [0.25, 0.3) is 0 Å². The van der Waals surface area contributed by atoms with Crippen LogP contribution < -0.4 is 9.47 Å². The fraction of sp³-hybridized carbons (Fsp3) is 0.333. The van der Waals surface area contributed by atoms with Gasteiger partial charge in [0, 0.05) is 5.92 Å². The quantitative estimate of drug-likeness (QED) is 0.584. The van der Waals surface area contributed by atoms with Gasteiger partial charge in [0.1, 0.15) is 11.5 Å². The van der Waals surface area contributed by atoms with Gasteiger partial charge in [-0.1, -0.05) is 13.8 Å². The molecule has 0 saturated carbocycles. The van der Waals surface area contributed by atoms with Gasteiger partial charge < -0.3 is 9.47 Å². The van der Waals surface area contributed by atoms with Crippen molar-refractivity contribution in [3.8, 4) is 11.5 Å². The monoisotopic (exact) mass is 262 g/mol. The average molecular weight is 262 g/mol. The standard InChI is InChI=1S/C15H18O4/c1-10(2)13(16)6-7-14(17)12-9-11(18-3)5-8-15(12)19-4/h5-10H,1-4H3/b7-6+. The third-order valence-electron chi connectivity index (χ3n) is 2.64. The van der Waals surface area contributed by atoms with Crippen LogP contribution >= 0.6 is 0 Å². The molecular weight excluding hydrogens is 244 g/mol. The van der Waals surface area contributed by atoms with Crippen LogP contribution in [0.5, 0.6) is 11.5 Å². The Kier molecular flexibility index (Phi) is 5.30. The largest absolute Gasteiger partial charge is 0.497 e. The molecule has 0 spiro atoms. The lowest BCUT2D eigenvalue weighted by Gasteiger charge is -2.07. The van der Waals surface area contributed by atoms with Gasteiger partial charge >= 0.3 is 0 Å². The van der Waals surface area contributed by atoms with Crippen molar-refractivity contribution in [1.29, 1.82) is 0 Å². The molecule has 0 aromatic heterocycles. The van der Waals surface area contributed by atoms with Crippen LogP contribution in [0.15, 0.2) is 30.4 Å². The fourth-order valence-electron chi connectivity index (χ4n) is 1.45. The molecule has 0 amide bonds. The first-order chi connectivity index (χ1) is 8.99. The van der Waals surface area contributed by atoms with Gasteiger partial charge in [-0.05, 0) is 30.4 Å². The highest BCUT2D eigenvalue weighted by molar-refractivity contribution is 6.09. The van der Waals surface area contributed by atoms with E-state index in [1.165, 1.54) is 26.4 Å². The molecular formula is C15H18O4. The molecule has 0 saturated heterocycles. The van der Waals surface area contributed by atoms with Crippen molar-refractivity contribution >= 4 is 11.6 Å². The lowest BCUT2D eigenvalue weighted by atomic mass is 10.1. The van der Waals surface area contributed by atoms with Crippen molar-refractivity contribution in [3.63, 3.8) is 0 Å². The van der Waals surface area contributed by atoms with E-state index < -0.39 is 0 Å².